The van der Waals surface area contributed by atoms with E-state index in [1.165, 1.54) is 0 Å². The summed E-state index contributed by atoms with van der Waals surface area (Å²) < 4.78 is 46.4. The zero-order valence-electron chi connectivity index (χ0n) is 16.3. The standard InChI is InChI=1S/C19H29F3N2O3/c1-14(17(25)26-18(2,3)4)13-16-23-15(24-27-16)11-9-7-5-6-8-10-12-19(20,21)22/h1,5-13H2,2-4H3. The van der Waals surface area contributed by atoms with Gasteiger partial charge in [-0.05, 0) is 33.6 Å². The van der Waals surface area contributed by atoms with Crippen molar-refractivity contribution in [1.82, 2.24) is 10.1 Å². The molecule has 0 aliphatic carbocycles. The van der Waals surface area contributed by atoms with E-state index in [-0.39, 0.29) is 18.4 Å². The third-order valence-corrected chi connectivity index (χ3v) is 3.67. The number of carbonyl (C=O) groups is 1. The van der Waals surface area contributed by atoms with Crippen LogP contribution in [0.2, 0.25) is 0 Å². The van der Waals surface area contributed by atoms with E-state index >= 15 is 0 Å². The summed E-state index contributed by atoms with van der Waals surface area (Å²) in [6, 6.07) is 0. The molecule has 0 saturated carbocycles. The van der Waals surface area contributed by atoms with Crippen molar-refractivity contribution in [3.63, 3.8) is 0 Å². The second-order valence-corrected chi connectivity index (χ2v) is 7.62. The van der Waals surface area contributed by atoms with Gasteiger partial charge in [-0.3, -0.25) is 0 Å². The molecule has 0 aliphatic rings. The highest BCUT2D eigenvalue weighted by Crippen LogP contribution is 2.23. The summed E-state index contributed by atoms with van der Waals surface area (Å²) in [4.78, 5) is 16.1. The summed E-state index contributed by atoms with van der Waals surface area (Å²) in [7, 11) is 0. The number of alkyl halides is 3. The summed E-state index contributed by atoms with van der Waals surface area (Å²) in [6.07, 6.45) is 0.232. The Hall–Kier alpha value is -1.86. The Bertz CT molecular complexity index is 604. The van der Waals surface area contributed by atoms with Crippen LogP contribution in [0.3, 0.4) is 0 Å². The third kappa shape index (κ3) is 11.5. The molecule has 1 rings (SSSR count). The molecule has 0 unspecified atom stereocenters. The van der Waals surface area contributed by atoms with Gasteiger partial charge in [0.25, 0.3) is 0 Å². The van der Waals surface area contributed by atoms with E-state index in [0.29, 0.717) is 24.6 Å². The fraction of sp³-hybridized carbons (Fsp3) is 0.737. The van der Waals surface area contributed by atoms with E-state index in [0.717, 1.165) is 25.7 Å². The van der Waals surface area contributed by atoms with Crippen LogP contribution in [0.1, 0.15) is 77.4 Å². The summed E-state index contributed by atoms with van der Waals surface area (Å²) >= 11 is 0. The van der Waals surface area contributed by atoms with Crippen molar-refractivity contribution in [2.75, 3.05) is 0 Å². The SMILES string of the molecule is C=C(Cc1nc(CCCCCCCCC(F)(F)F)no1)C(=O)OC(C)(C)C. The van der Waals surface area contributed by atoms with E-state index in [4.69, 9.17) is 9.26 Å². The number of esters is 1. The van der Waals surface area contributed by atoms with Crippen molar-refractivity contribution in [3.05, 3.63) is 23.9 Å². The molecule has 0 amide bonds. The van der Waals surface area contributed by atoms with Crippen molar-refractivity contribution in [1.29, 1.82) is 0 Å². The maximum absolute atomic E-state index is 12.0. The molecule has 1 aromatic rings. The molecule has 1 heterocycles. The van der Waals surface area contributed by atoms with Crippen LogP contribution < -0.4 is 0 Å². The highest BCUT2D eigenvalue weighted by Gasteiger charge is 2.25. The highest BCUT2D eigenvalue weighted by molar-refractivity contribution is 5.88. The molecule has 0 fully saturated rings. The first-order valence-electron chi connectivity index (χ1n) is 9.25. The first-order valence-corrected chi connectivity index (χ1v) is 9.25. The highest BCUT2D eigenvalue weighted by atomic mass is 19.4. The van der Waals surface area contributed by atoms with E-state index in [1.807, 2.05) is 0 Å². The van der Waals surface area contributed by atoms with Gasteiger partial charge in [0, 0.05) is 18.4 Å². The summed E-state index contributed by atoms with van der Waals surface area (Å²) in [5.41, 5.74) is -0.341. The molecular weight excluding hydrogens is 361 g/mol. The first-order chi connectivity index (χ1) is 12.5. The fourth-order valence-corrected chi connectivity index (χ4v) is 2.38. The number of carbonyl (C=O) groups excluding carboxylic acids is 1. The lowest BCUT2D eigenvalue weighted by Gasteiger charge is -2.19. The average molecular weight is 390 g/mol. The summed E-state index contributed by atoms with van der Waals surface area (Å²) in [6.45, 7) is 9.03. The minimum absolute atomic E-state index is 0.140. The topological polar surface area (TPSA) is 65.2 Å². The van der Waals surface area contributed by atoms with Crippen LogP contribution in [0, 0.1) is 0 Å². The quantitative estimate of drug-likeness (QED) is 0.290. The maximum atomic E-state index is 12.0. The third-order valence-electron chi connectivity index (χ3n) is 3.67. The Labute approximate surface area is 158 Å². The number of hydrogen-bond acceptors (Lipinski definition) is 5. The maximum Gasteiger partial charge on any atom is 0.389 e. The number of aromatic nitrogens is 2. The molecule has 5 nitrogen and oxygen atoms in total. The van der Waals surface area contributed by atoms with Crippen LogP contribution in [0.4, 0.5) is 13.2 Å². The minimum Gasteiger partial charge on any atom is -0.457 e. The second kappa shape index (κ2) is 10.5. The monoisotopic (exact) mass is 390 g/mol. The predicted molar refractivity (Wildman–Crippen MR) is 95.1 cm³/mol. The van der Waals surface area contributed by atoms with E-state index < -0.39 is 24.2 Å². The molecule has 0 N–H and O–H groups in total. The first kappa shape index (κ1) is 23.2. The van der Waals surface area contributed by atoms with Crippen LogP contribution in [0.5, 0.6) is 0 Å². The van der Waals surface area contributed by atoms with Crippen LogP contribution in [0.15, 0.2) is 16.7 Å². The average Bonchev–Trinajstić information content (AvgIpc) is 2.94. The molecule has 0 saturated heterocycles. The fourth-order valence-electron chi connectivity index (χ4n) is 2.38. The summed E-state index contributed by atoms with van der Waals surface area (Å²) in [5, 5.41) is 3.87. The van der Waals surface area contributed by atoms with E-state index in [2.05, 4.69) is 16.7 Å². The Morgan fingerprint density at radius 2 is 1.67 bits per heavy atom. The number of hydrogen-bond donors (Lipinski definition) is 0. The second-order valence-electron chi connectivity index (χ2n) is 7.62. The van der Waals surface area contributed by atoms with Gasteiger partial charge in [-0.15, -0.1) is 0 Å². The van der Waals surface area contributed by atoms with Crippen LogP contribution >= 0.6 is 0 Å². The van der Waals surface area contributed by atoms with Crippen LogP contribution in [-0.4, -0.2) is 27.9 Å². The van der Waals surface area contributed by atoms with Gasteiger partial charge in [0.1, 0.15) is 5.60 Å². The van der Waals surface area contributed by atoms with Crippen molar-refractivity contribution in [3.8, 4) is 0 Å². The Balaban J connectivity index is 2.20. The van der Waals surface area contributed by atoms with Crippen molar-refractivity contribution < 1.29 is 27.2 Å². The van der Waals surface area contributed by atoms with Gasteiger partial charge >= 0.3 is 12.1 Å². The molecule has 0 spiro atoms. The number of halogens is 3. The largest absolute Gasteiger partial charge is 0.457 e. The van der Waals surface area contributed by atoms with Gasteiger partial charge in [0.15, 0.2) is 5.82 Å². The zero-order valence-corrected chi connectivity index (χ0v) is 16.3. The summed E-state index contributed by atoms with van der Waals surface area (Å²) in [5.74, 6) is 0.375. The molecule has 8 heteroatoms. The van der Waals surface area contributed by atoms with Gasteiger partial charge in [-0.25, -0.2) is 4.79 Å². The Kier molecular flexibility index (Phi) is 8.99. The van der Waals surface area contributed by atoms with Gasteiger partial charge in [-0.2, -0.15) is 18.2 Å². The predicted octanol–water partition coefficient (Wildman–Crippen LogP) is 5.35. The minimum atomic E-state index is -4.05. The van der Waals surface area contributed by atoms with Gasteiger partial charge in [-0.1, -0.05) is 37.4 Å². The lowest BCUT2D eigenvalue weighted by molar-refractivity contribution is -0.150. The van der Waals surface area contributed by atoms with Crippen LogP contribution in [-0.2, 0) is 22.4 Å². The lowest BCUT2D eigenvalue weighted by atomic mass is 10.1. The van der Waals surface area contributed by atoms with E-state index in [9.17, 15) is 18.0 Å². The van der Waals surface area contributed by atoms with Gasteiger partial charge < -0.3 is 9.26 Å². The molecule has 1 aromatic heterocycles. The zero-order chi connectivity index (χ0) is 20.5. The van der Waals surface area contributed by atoms with E-state index in [1.54, 1.807) is 20.8 Å². The number of rotatable bonds is 11. The number of aryl methyl sites for hydroxylation is 1. The molecule has 0 aromatic carbocycles. The molecule has 0 radical (unpaired) electrons. The van der Waals surface area contributed by atoms with Crippen molar-refractivity contribution in [2.24, 2.45) is 0 Å². The van der Waals surface area contributed by atoms with Crippen LogP contribution in [0.25, 0.3) is 0 Å². The smallest absolute Gasteiger partial charge is 0.389 e. The molecular formula is C19H29F3N2O3. The van der Waals surface area contributed by atoms with Crippen molar-refractivity contribution in [2.45, 2.75) is 90.3 Å². The number of nitrogens with zero attached hydrogens (tertiary/aromatic N) is 2. The van der Waals surface area contributed by atoms with Gasteiger partial charge in [0.05, 0.1) is 6.42 Å². The molecule has 154 valence electrons. The molecule has 27 heavy (non-hydrogen) atoms. The number of ether oxygens (including phenoxy) is 1. The number of unbranched alkanes of at least 4 members (excludes halogenated alkanes) is 5. The molecule has 0 atom stereocenters. The Morgan fingerprint density at radius 3 is 2.26 bits per heavy atom. The van der Waals surface area contributed by atoms with Crippen molar-refractivity contribution >= 4 is 5.97 Å². The lowest BCUT2D eigenvalue weighted by Crippen LogP contribution is -2.25. The Morgan fingerprint density at radius 1 is 1.07 bits per heavy atom. The molecule has 0 aliphatic heterocycles. The molecule has 0 bridgehead atoms. The van der Waals surface area contributed by atoms with Gasteiger partial charge in [0.2, 0.25) is 5.89 Å². The normalized spacial score (nSPS) is 12.2.